The predicted molar refractivity (Wildman–Crippen MR) is 114 cm³/mol. The lowest BCUT2D eigenvalue weighted by Gasteiger charge is -2.17. The van der Waals surface area contributed by atoms with Gasteiger partial charge in [-0.2, -0.15) is 0 Å². The molecular formula is C24H40O3. The molecule has 1 atom stereocenters. The van der Waals surface area contributed by atoms with Crippen molar-refractivity contribution in [1.29, 1.82) is 0 Å². The number of esters is 1. The van der Waals surface area contributed by atoms with Crippen LogP contribution in [-0.2, 0) is 4.74 Å². The molecule has 0 aromatic heterocycles. The zero-order valence-electron chi connectivity index (χ0n) is 17.8. The van der Waals surface area contributed by atoms with Crippen molar-refractivity contribution in [2.24, 2.45) is 5.92 Å². The van der Waals surface area contributed by atoms with Crippen LogP contribution in [0.4, 0.5) is 0 Å². The van der Waals surface area contributed by atoms with Gasteiger partial charge in [0.2, 0.25) is 0 Å². The molecule has 154 valence electrons. The minimum atomic E-state index is -0.269. The van der Waals surface area contributed by atoms with Crippen LogP contribution in [0.25, 0.3) is 0 Å². The average Bonchev–Trinajstić information content (AvgIpc) is 2.70. The Morgan fingerprint density at radius 1 is 0.852 bits per heavy atom. The van der Waals surface area contributed by atoms with E-state index in [9.17, 15) is 4.79 Å². The molecule has 0 N–H and O–H groups in total. The minimum Gasteiger partial charge on any atom is -0.496 e. The van der Waals surface area contributed by atoms with Crippen LogP contribution in [0.2, 0.25) is 0 Å². The summed E-state index contributed by atoms with van der Waals surface area (Å²) in [6.45, 7) is 5.02. The van der Waals surface area contributed by atoms with E-state index in [1.54, 1.807) is 19.2 Å². The van der Waals surface area contributed by atoms with E-state index in [2.05, 4.69) is 13.8 Å². The molecule has 0 saturated heterocycles. The van der Waals surface area contributed by atoms with E-state index in [0.717, 1.165) is 12.8 Å². The topological polar surface area (TPSA) is 35.5 Å². The second-order valence-electron chi connectivity index (χ2n) is 7.57. The van der Waals surface area contributed by atoms with Gasteiger partial charge in [0.25, 0.3) is 0 Å². The molecule has 27 heavy (non-hydrogen) atoms. The molecule has 1 aromatic rings. The summed E-state index contributed by atoms with van der Waals surface area (Å²) < 4.78 is 10.9. The largest absolute Gasteiger partial charge is 0.496 e. The first-order valence-corrected chi connectivity index (χ1v) is 11.0. The minimum absolute atomic E-state index is 0.269. The maximum absolute atomic E-state index is 12.5. The fourth-order valence-corrected chi connectivity index (χ4v) is 3.47. The molecule has 0 bridgehead atoms. The van der Waals surface area contributed by atoms with E-state index >= 15 is 0 Å². The van der Waals surface area contributed by atoms with Crippen LogP contribution in [0.15, 0.2) is 24.3 Å². The van der Waals surface area contributed by atoms with Gasteiger partial charge in [-0.25, -0.2) is 4.79 Å². The normalized spacial score (nSPS) is 12.0. The molecular weight excluding hydrogens is 336 g/mol. The zero-order valence-corrected chi connectivity index (χ0v) is 17.8. The molecule has 0 aliphatic rings. The molecule has 0 radical (unpaired) electrons. The molecule has 1 rings (SSSR count). The maximum atomic E-state index is 12.5. The van der Waals surface area contributed by atoms with E-state index in [1.807, 2.05) is 12.1 Å². The number of ether oxygens (including phenoxy) is 2. The average molecular weight is 377 g/mol. The quantitative estimate of drug-likeness (QED) is 0.226. The van der Waals surface area contributed by atoms with Crippen LogP contribution in [0.1, 0.15) is 101 Å². The number of para-hydroxylation sites is 1. The Morgan fingerprint density at radius 3 is 2.04 bits per heavy atom. The first-order chi connectivity index (χ1) is 13.2. The van der Waals surface area contributed by atoms with E-state index in [1.165, 1.54) is 64.2 Å². The van der Waals surface area contributed by atoms with Gasteiger partial charge in [-0.15, -0.1) is 0 Å². The summed E-state index contributed by atoms with van der Waals surface area (Å²) in [6.07, 6.45) is 15.2. The highest BCUT2D eigenvalue weighted by Crippen LogP contribution is 2.22. The molecule has 0 aliphatic heterocycles. The van der Waals surface area contributed by atoms with E-state index < -0.39 is 0 Å². The Morgan fingerprint density at radius 2 is 1.41 bits per heavy atom. The number of carbonyl (C=O) groups is 1. The molecule has 0 heterocycles. The molecule has 1 aromatic carbocycles. The van der Waals surface area contributed by atoms with Crippen LogP contribution < -0.4 is 4.74 Å². The molecule has 0 fully saturated rings. The van der Waals surface area contributed by atoms with Crippen LogP contribution in [0.5, 0.6) is 5.75 Å². The van der Waals surface area contributed by atoms with Crippen molar-refractivity contribution >= 4 is 5.97 Å². The lowest BCUT2D eigenvalue weighted by atomic mass is 9.95. The van der Waals surface area contributed by atoms with Crippen molar-refractivity contribution in [3.05, 3.63) is 29.8 Å². The maximum Gasteiger partial charge on any atom is 0.341 e. The van der Waals surface area contributed by atoms with Crippen LogP contribution in [-0.4, -0.2) is 19.7 Å². The van der Waals surface area contributed by atoms with Gasteiger partial charge in [0, 0.05) is 0 Å². The highest BCUT2D eigenvalue weighted by atomic mass is 16.5. The van der Waals surface area contributed by atoms with Gasteiger partial charge < -0.3 is 9.47 Å². The van der Waals surface area contributed by atoms with Crippen molar-refractivity contribution in [1.82, 2.24) is 0 Å². The van der Waals surface area contributed by atoms with E-state index in [4.69, 9.17) is 9.47 Å². The third kappa shape index (κ3) is 10.4. The number of unbranched alkanes of at least 4 members (excludes halogenated alkanes) is 8. The molecule has 3 nitrogen and oxygen atoms in total. The Labute approximate surface area is 166 Å². The van der Waals surface area contributed by atoms with Crippen molar-refractivity contribution in [3.63, 3.8) is 0 Å². The molecule has 0 saturated carbocycles. The molecule has 3 heteroatoms. The Balaban J connectivity index is 2.44. The third-order valence-corrected chi connectivity index (χ3v) is 5.21. The highest BCUT2D eigenvalue weighted by Gasteiger charge is 2.16. The van der Waals surface area contributed by atoms with E-state index in [0.29, 0.717) is 23.8 Å². The molecule has 0 aliphatic carbocycles. The molecule has 0 spiro atoms. The van der Waals surface area contributed by atoms with Gasteiger partial charge in [0.1, 0.15) is 11.3 Å². The number of rotatable bonds is 16. The first kappa shape index (κ1) is 23.5. The number of hydrogen-bond acceptors (Lipinski definition) is 3. The summed E-state index contributed by atoms with van der Waals surface area (Å²) in [5.41, 5.74) is 0.518. The monoisotopic (exact) mass is 376 g/mol. The Kier molecular flexibility index (Phi) is 13.5. The van der Waals surface area contributed by atoms with Crippen molar-refractivity contribution in [2.45, 2.75) is 90.9 Å². The number of carbonyl (C=O) groups excluding carboxylic acids is 1. The summed E-state index contributed by atoms with van der Waals surface area (Å²) in [7, 11) is 1.58. The summed E-state index contributed by atoms with van der Waals surface area (Å²) in [5, 5.41) is 0. The number of benzene rings is 1. The SMILES string of the molecule is CCCCCCCCC(CCCCCC)COC(=O)c1ccccc1OC. The Bertz CT molecular complexity index is 498. The van der Waals surface area contributed by atoms with Gasteiger partial charge in [-0.05, 0) is 30.9 Å². The fraction of sp³-hybridized carbons (Fsp3) is 0.708. The van der Waals surface area contributed by atoms with Crippen LogP contribution in [0, 0.1) is 5.92 Å². The summed E-state index contributed by atoms with van der Waals surface area (Å²) in [6, 6.07) is 7.28. The van der Waals surface area contributed by atoms with Crippen molar-refractivity contribution in [2.75, 3.05) is 13.7 Å². The van der Waals surface area contributed by atoms with Crippen LogP contribution >= 0.6 is 0 Å². The van der Waals surface area contributed by atoms with Crippen molar-refractivity contribution < 1.29 is 14.3 Å². The summed E-state index contributed by atoms with van der Waals surface area (Å²) >= 11 is 0. The summed E-state index contributed by atoms with van der Waals surface area (Å²) in [5.74, 6) is 0.790. The lowest BCUT2D eigenvalue weighted by Crippen LogP contribution is -2.15. The second-order valence-corrected chi connectivity index (χ2v) is 7.57. The Hall–Kier alpha value is -1.51. The van der Waals surface area contributed by atoms with Gasteiger partial charge in [-0.1, -0.05) is 90.2 Å². The fourth-order valence-electron chi connectivity index (χ4n) is 3.47. The molecule has 1 unspecified atom stereocenters. The standard InChI is InChI=1S/C24H40O3/c1-4-6-8-10-11-13-17-21(16-12-9-7-5-2)20-27-24(25)22-18-14-15-19-23(22)26-3/h14-15,18-19,21H,4-13,16-17,20H2,1-3H3. The lowest BCUT2D eigenvalue weighted by molar-refractivity contribution is 0.0418. The van der Waals surface area contributed by atoms with Gasteiger partial charge in [0.05, 0.1) is 13.7 Å². The van der Waals surface area contributed by atoms with Gasteiger partial charge >= 0.3 is 5.97 Å². The smallest absolute Gasteiger partial charge is 0.341 e. The van der Waals surface area contributed by atoms with Crippen LogP contribution in [0.3, 0.4) is 0 Å². The number of methoxy groups -OCH3 is 1. The third-order valence-electron chi connectivity index (χ3n) is 5.21. The van der Waals surface area contributed by atoms with Gasteiger partial charge in [0.15, 0.2) is 0 Å². The van der Waals surface area contributed by atoms with Crippen molar-refractivity contribution in [3.8, 4) is 5.75 Å². The predicted octanol–water partition coefficient (Wildman–Crippen LogP) is 7.19. The van der Waals surface area contributed by atoms with Gasteiger partial charge in [-0.3, -0.25) is 0 Å². The van der Waals surface area contributed by atoms with E-state index in [-0.39, 0.29) is 5.97 Å². The highest BCUT2D eigenvalue weighted by molar-refractivity contribution is 5.92. The molecule has 0 amide bonds. The zero-order chi connectivity index (χ0) is 19.7. The number of hydrogen-bond donors (Lipinski definition) is 0. The second kappa shape index (κ2) is 15.5. The summed E-state index contributed by atoms with van der Waals surface area (Å²) in [4.78, 5) is 12.5. The first-order valence-electron chi connectivity index (χ1n) is 11.0.